The van der Waals surface area contributed by atoms with E-state index in [0.717, 1.165) is 17.7 Å². The Morgan fingerprint density at radius 3 is 2.72 bits per heavy atom. The molecule has 0 aliphatic carbocycles. The Bertz CT molecular complexity index is 958. The Hall–Kier alpha value is -3.42. The van der Waals surface area contributed by atoms with Crippen LogP contribution in [0, 0.1) is 13.8 Å². The van der Waals surface area contributed by atoms with E-state index < -0.39 is 5.91 Å². The maximum atomic E-state index is 11.9. The number of hydrogen-bond acceptors (Lipinski definition) is 6. The van der Waals surface area contributed by atoms with Crippen LogP contribution in [-0.2, 0) is 4.79 Å². The van der Waals surface area contributed by atoms with Gasteiger partial charge in [-0.05, 0) is 56.5 Å². The quantitative estimate of drug-likeness (QED) is 0.649. The minimum Gasteiger partial charge on any atom is -0.364 e. The molecule has 1 aromatic carbocycles. The zero-order valence-electron chi connectivity index (χ0n) is 16.9. The Morgan fingerprint density at radius 1 is 1.31 bits per heavy atom. The number of amides is 2. The van der Waals surface area contributed by atoms with Gasteiger partial charge < -0.3 is 21.3 Å². The lowest BCUT2D eigenvalue weighted by atomic mass is 10.1. The molecule has 0 radical (unpaired) electrons. The van der Waals surface area contributed by atoms with Crippen molar-refractivity contribution in [1.82, 2.24) is 14.9 Å². The molecule has 2 atom stereocenters. The Kier molecular flexibility index (Phi) is 5.81. The van der Waals surface area contributed by atoms with Crippen molar-refractivity contribution in [3.05, 3.63) is 53.9 Å². The SMILES string of the molecule is C=CC(=O)N1CC[C@@H](Nc2cnc(C(N)=O)c(Nc3ccc(C)c(C)c3)n2)[C@H]1C. The molecule has 152 valence electrons. The minimum absolute atomic E-state index is 0.0158. The van der Waals surface area contributed by atoms with Crippen LogP contribution < -0.4 is 16.4 Å². The number of likely N-dealkylation sites (tertiary alicyclic amines) is 1. The normalized spacial score (nSPS) is 18.4. The van der Waals surface area contributed by atoms with Gasteiger partial charge in [0.05, 0.1) is 6.20 Å². The molecule has 2 amide bonds. The number of benzene rings is 1. The van der Waals surface area contributed by atoms with E-state index in [4.69, 9.17) is 5.73 Å². The monoisotopic (exact) mass is 394 g/mol. The van der Waals surface area contributed by atoms with Crippen molar-refractivity contribution in [2.75, 3.05) is 17.2 Å². The number of nitrogens with two attached hydrogens (primary N) is 1. The van der Waals surface area contributed by atoms with Crippen molar-refractivity contribution in [2.45, 2.75) is 39.3 Å². The third-order valence-electron chi connectivity index (χ3n) is 5.32. The number of nitrogens with one attached hydrogen (secondary N) is 2. The second-order valence-corrected chi connectivity index (χ2v) is 7.26. The van der Waals surface area contributed by atoms with Crippen LogP contribution in [0.3, 0.4) is 0 Å². The van der Waals surface area contributed by atoms with Crippen molar-refractivity contribution in [1.29, 1.82) is 0 Å². The first-order valence-electron chi connectivity index (χ1n) is 9.51. The molecule has 4 N–H and O–H groups in total. The standard InChI is InChI=1S/C21H26N6O2/c1-5-18(28)27-9-8-16(14(27)4)25-17-11-23-19(20(22)29)21(26-17)24-15-7-6-12(2)13(3)10-15/h5-7,10-11,14,16H,1,8-9H2,2-4H3,(H2,22,29)(H2,24,25,26)/t14-,16-/m1/s1. The molecule has 29 heavy (non-hydrogen) atoms. The zero-order chi connectivity index (χ0) is 21.1. The first-order chi connectivity index (χ1) is 13.8. The molecule has 2 heterocycles. The smallest absolute Gasteiger partial charge is 0.271 e. The molecule has 1 aliphatic rings. The molecule has 0 unspecified atom stereocenters. The van der Waals surface area contributed by atoms with E-state index in [2.05, 4.69) is 27.2 Å². The fraction of sp³-hybridized carbons (Fsp3) is 0.333. The van der Waals surface area contributed by atoms with Gasteiger partial charge in [0, 0.05) is 24.3 Å². The number of carbonyl (C=O) groups excluding carboxylic acids is 2. The van der Waals surface area contributed by atoms with E-state index in [1.165, 1.54) is 17.8 Å². The first-order valence-corrected chi connectivity index (χ1v) is 9.51. The summed E-state index contributed by atoms with van der Waals surface area (Å²) >= 11 is 0. The lowest BCUT2D eigenvalue weighted by Crippen LogP contribution is -2.39. The molecular formula is C21H26N6O2. The van der Waals surface area contributed by atoms with Crippen molar-refractivity contribution in [3.63, 3.8) is 0 Å². The molecule has 8 heteroatoms. The van der Waals surface area contributed by atoms with Crippen LogP contribution in [-0.4, -0.2) is 45.3 Å². The van der Waals surface area contributed by atoms with Gasteiger partial charge in [0.1, 0.15) is 5.82 Å². The molecule has 1 saturated heterocycles. The molecule has 1 aliphatic heterocycles. The van der Waals surface area contributed by atoms with Crippen LogP contribution in [0.15, 0.2) is 37.1 Å². The van der Waals surface area contributed by atoms with Crippen LogP contribution in [0.4, 0.5) is 17.3 Å². The lowest BCUT2D eigenvalue weighted by Gasteiger charge is -2.24. The van der Waals surface area contributed by atoms with Gasteiger partial charge in [-0.25, -0.2) is 9.97 Å². The molecule has 1 aromatic heterocycles. The summed E-state index contributed by atoms with van der Waals surface area (Å²) in [6.45, 7) is 10.2. The van der Waals surface area contributed by atoms with E-state index in [1.54, 1.807) is 4.90 Å². The third-order valence-corrected chi connectivity index (χ3v) is 5.32. The largest absolute Gasteiger partial charge is 0.364 e. The second-order valence-electron chi connectivity index (χ2n) is 7.26. The van der Waals surface area contributed by atoms with Gasteiger partial charge in [-0.3, -0.25) is 9.59 Å². The minimum atomic E-state index is -0.660. The van der Waals surface area contributed by atoms with Gasteiger partial charge in [-0.2, -0.15) is 0 Å². The van der Waals surface area contributed by atoms with Crippen molar-refractivity contribution in [3.8, 4) is 0 Å². The van der Waals surface area contributed by atoms with Gasteiger partial charge in [-0.15, -0.1) is 0 Å². The number of hydrogen-bond donors (Lipinski definition) is 3. The summed E-state index contributed by atoms with van der Waals surface area (Å²) in [7, 11) is 0. The van der Waals surface area contributed by atoms with E-state index in [9.17, 15) is 9.59 Å². The Balaban J connectivity index is 1.83. The summed E-state index contributed by atoms with van der Waals surface area (Å²) in [5.41, 5.74) is 8.61. The molecule has 0 saturated carbocycles. The van der Waals surface area contributed by atoms with Crippen LogP contribution in [0.25, 0.3) is 0 Å². The second kappa shape index (κ2) is 8.30. The van der Waals surface area contributed by atoms with Gasteiger partial charge in [0.2, 0.25) is 5.91 Å². The summed E-state index contributed by atoms with van der Waals surface area (Å²) < 4.78 is 0. The molecular weight excluding hydrogens is 368 g/mol. The van der Waals surface area contributed by atoms with Gasteiger partial charge >= 0.3 is 0 Å². The van der Waals surface area contributed by atoms with Gasteiger partial charge in [0.25, 0.3) is 5.91 Å². The number of anilines is 3. The van der Waals surface area contributed by atoms with E-state index in [1.807, 2.05) is 39.0 Å². The van der Waals surface area contributed by atoms with Gasteiger partial charge in [-0.1, -0.05) is 12.6 Å². The number of rotatable bonds is 6. The number of aryl methyl sites for hydroxylation is 2. The Morgan fingerprint density at radius 2 is 2.07 bits per heavy atom. The Labute approximate surface area is 170 Å². The number of primary amides is 1. The maximum Gasteiger partial charge on any atom is 0.271 e. The highest BCUT2D eigenvalue weighted by Gasteiger charge is 2.33. The van der Waals surface area contributed by atoms with Crippen molar-refractivity contribution < 1.29 is 9.59 Å². The highest BCUT2D eigenvalue weighted by atomic mass is 16.2. The van der Waals surface area contributed by atoms with Gasteiger partial charge in [0.15, 0.2) is 11.5 Å². The molecule has 0 spiro atoms. The predicted octanol–water partition coefficient (Wildman–Crippen LogP) is 2.52. The van der Waals surface area contributed by atoms with Crippen molar-refractivity contribution in [2.24, 2.45) is 5.73 Å². The average Bonchev–Trinajstić information content (AvgIpc) is 3.04. The summed E-state index contributed by atoms with van der Waals surface area (Å²) in [4.78, 5) is 34.2. The average molecular weight is 394 g/mol. The topological polar surface area (TPSA) is 113 Å². The van der Waals surface area contributed by atoms with E-state index in [0.29, 0.717) is 12.4 Å². The van der Waals surface area contributed by atoms with E-state index >= 15 is 0 Å². The fourth-order valence-corrected chi connectivity index (χ4v) is 3.43. The van der Waals surface area contributed by atoms with Crippen LogP contribution >= 0.6 is 0 Å². The summed E-state index contributed by atoms with van der Waals surface area (Å²) in [5, 5.41) is 6.46. The number of nitrogens with zero attached hydrogens (tertiary/aromatic N) is 3. The molecule has 2 aromatic rings. The van der Waals surface area contributed by atoms with Crippen LogP contribution in [0.1, 0.15) is 35.0 Å². The highest BCUT2D eigenvalue weighted by molar-refractivity contribution is 5.96. The first kappa shape index (κ1) is 20.3. The summed E-state index contributed by atoms with van der Waals surface area (Å²) in [6, 6.07) is 5.87. The zero-order valence-corrected chi connectivity index (χ0v) is 16.9. The van der Waals surface area contributed by atoms with Crippen LogP contribution in [0.5, 0.6) is 0 Å². The van der Waals surface area contributed by atoms with E-state index in [-0.39, 0.29) is 29.5 Å². The summed E-state index contributed by atoms with van der Waals surface area (Å²) in [5.74, 6) is 0.0444. The fourth-order valence-electron chi connectivity index (χ4n) is 3.43. The molecule has 3 rings (SSSR count). The summed E-state index contributed by atoms with van der Waals surface area (Å²) in [6.07, 6.45) is 3.59. The number of aromatic nitrogens is 2. The highest BCUT2D eigenvalue weighted by Crippen LogP contribution is 2.24. The molecule has 0 bridgehead atoms. The predicted molar refractivity (Wildman–Crippen MR) is 113 cm³/mol. The number of carbonyl (C=O) groups is 2. The molecule has 8 nitrogen and oxygen atoms in total. The maximum absolute atomic E-state index is 11.9. The van der Waals surface area contributed by atoms with Crippen LogP contribution in [0.2, 0.25) is 0 Å². The third kappa shape index (κ3) is 4.37. The molecule has 1 fully saturated rings. The van der Waals surface area contributed by atoms with Crippen molar-refractivity contribution >= 4 is 29.1 Å². The lowest BCUT2D eigenvalue weighted by molar-refractivity contribution is -0.126.